The van der Waals surface area contributed by atoms with Crippen LogP contribution in [0.4, 0.5) is 0 Å². The van der Waals surface area contributed by atoms with E-state index in [1.165, 1.54) is 51.7 Å². The first kappa shape index (κ1) is 12.9. The van der Waals surface area contributed by atoms with Crippen LogP contribution in [0.15, 0.2) is 0 Å². The molecule has 2 N–H and O–H groups in total. The molecule has 1 aliphatic heterocycles. The molecule has 0 spiro atoms. The number of rotatable bonds is 3. The summed E-state index contributed by atoms with van der Waals surface area (Å²) in [7, 11) is 2.28. The summed E-state index contributed by atoms with van der Waals surface area (Å²) < 4.78 is 0. The van der Waals surface area contributed by atoms with E-state index < -0.39 is 0 Å². The van der Waals surface area contributed by atoms with Crippen LogP contribution in [0, 0.1) is 11.8 Å². The zero-order chi connectivity index (χ0) is 12.8. The Morgan fingerprint density at radius 2 is 2.11 bits per heavy atom. The third-order valence-corrected chi connectivity index (χ3v) is 6.17. The molecular weight excluding hydrogens is 222 g/mol. The van der Waals surface area contributed by atoms with Crippen molar-refractivity contribution in [2.24, 2.45) is 17.6 Å². The highest BCUT2D eigenvalue weighted by molar-refractivity contribution is 5.09. The van der Waals surface area contributed by atoms with Gasteiger partial charge in [0.25, 0.3) is 0 Å². The summed E-state index contributed by atoms with van der Waals surface area (Å²) in [5.41, 5.74) is 6.63. The highest BCUT2D eigenvalue weighted by atomic mass is 15.3. The molecule has 4 atom stereocenters. The lowest BCUT2D eigenvalue weighted by Gasteiger charge is -2.51. The third-order valence-electron chi connectivity index (χ3n) is 6.17. The van der Waals surface area contributed by atoms with Gasteiger partial charge in [0.05, 0.1) is 0 Å². The van der Waals surface area contributed by atoms with Crippen LogP contribution in [-0.2, 0) is 0 Å². The van der Waals surface area contributed by atoms with E-state index in [0.717, 1.165) is 24.4 Å². The quantitative estimate of drug-likeness (QED) is 0.825. The Balaban J connectivity index is 1.76. The fraction of sp³-hybridized carbons (Fsp3) is 1.00. The molecule has 1 heterocycles. The predicted molar refractivity (Wildman–Crippen MR) is 75.5 cm³/mol. The average molecular weight is 251 g/mol. The SMILES string of the molecule is CCC1CN(C2(CN)CC3CCC2C3)CCN1C. The molecule has 3 nitrogen and oxygen atoms in total. The van der Waals surface area contributed by atoms with Gasteiger partial charge in [0.2, 0.25) is 0 Å². The van der Waals surface area contributed by atoms with Crippen LogP contribution in [0.2, 0.25) is 0 Å². The maximum Gasteiger partial charge on any atom is 0.0363 e. The second-order valence-corrected chi connectivity index (χ2v) is 6.88. The van der Waals surface area contributed by atoms with E-state index in [-0.39, 0.29) is 0 Å². The molecule has 2 aliphatic carbocycles. The van der Waals surface area contributed by atoms with Gasteiger partial charge in [-0.3, -0.25) is 4.90 Å². The van der Waals surface area contributed by atoms with Gasteiger partial charge in [0.15, 0.2) is 0 Å². The summed E-state index contributed by atoms with van der Waals surface area (Å²) in [5.74, 6) is 1.88. The summed E-state index contributed by atoms with van der Waals surface area (Å²) in [4.78, 5) is 5.32. The van der Waals surface area contributed by atoms with Crippen LogP contribution < -0.4 is 5.73 Å². The molecule has 104 valence electrons. The Morgan fingerprint density at radius 1 is 1.28 bits per heavy atom. The van der Waals surface area contributed by atoms with Crippen molar-refractivity contribution in [1.82, 2.24) is 9.80 Å². The fourth-order valence-electron chi connectivity index (χ4n) is 4.97. The number of likely N-dealkylation sites (N-methyl/N-ethyl adjacent to an activating group) is 1. The maximum atomic E-state index is 6.25. The van der Waals surface area contributed by atoms with Gasteiger partial charge in [0.1, 0.15) is 0 Å². The van der Waals surface area contributed by atoms with Gasteiger partial charge in [-0.05, 0) is 44.6 Å². The van der Waals surface area contributed by atoms with E-state index in [1.807, 2.05) is 0 Å². The van der Waals surface area contributed by atoms with Gasteiger partial charge in [-0.2, -0.15) is 0 Å². The van der Waals surface area contributed by atoms with Crippen LogP contribution in [0.3, 0.4) is 0 Å². The van der Waals surface area contributed by atoms with E-state index in [0.29, 0.717) is 5.54 Å². The minimum atomic E-state index is 0.373. The molecule has 3 rings (SSSR count). The van der Waals surface area contributed by atoms with E-state index in [4.69, 9.17) is 5.73 Å². The number of piperazine rings is 1. The molecule has 1 saturated heterocycles. The summed E-state index contributed by atoms with van der Waals surface area (Å²) in [6.07, 6.45) is 7.01. The van der Waals surface area contributed by atoms with Gasteiger partial charge >= 0.3 is 0 Å². The van der Waals surface area contributed by atoms with Gasteiger partial charge in [-0.1, -0.05) is 13.3 Å². The van der Waals surface area contributed by atoms with Crippen molar-refractivity contribution in [3.8, 4) is 0 Å². The van der Waals surface area contributed by atoms with Gasteiger partial charge in [-0.15, -0.1) is 0 Å². The molecule has 0 aromatic rings. The van der Waals surface area contributed by atoms with Crippen LogP contribution in [-0.4, -0.2) is 54.6 Å². The topological polar surface area (TPSA) is 32.5 Å². The van der Waals surface area contributed by atoms with Crippen LogP contribution in [0.1, 0.15) is 39.0 Å². The summed E-state index contributed by atoms with van der Waals surface area (Å²) >= 11 is 0. The fourth-order valence-corrected chi connectivity index (χ4v) is 4.97. The standard InChI is InChI=1S/C15H29N3/c1-3-14-10-18(7-6-17(14)2)15(11-16)9-12-4-5-13(15)8-12/h12-14H,3-11,16H2,1-2H3. The summed E-state index contributed by atoms with van der Waals surface area (Å²) in [5, 5.41) is 0. The van der Waals surface area contributed by atoms with Crippen molar-refractivity contribution in [3.05, 3.63) is 0 Å². The normalized spacial score (nSPS) is 45.8. The predicted octanol–water partition coefficient (Wildman–Crippen LogP) is 1.53. The first-order valence-corrected chi connectivity index (χ1v) is 7.85. The maximum absolute atomic E-state index is 6.25. The monoisotopic (exact) mass is 251 g/mol. The molecule has 3 aliphatic rings. The molecule has 0 radical (unpaired) electrons. The Bertz CT molecular complexity index is 306. The molecule has 0 aromatic carbocycles. The van der Waals surface area contributed by atoms with Crippen molar-refractivity contribution in [2.45, 2.75) is 50.6 Å². The van der Waals surface area contributed by atoms with E-state index in [2.05, 4.69) is 23.8 Å². The Hall–Kier alpha value is -0.120. The van der Waals surface area contributed by atoms with Gasteiger partial charge < -0.3 is 10.6 Å². The Labute approximate surface area is 112 Å². The largest absolute Gasteiger partial charge is 0.329 e. The Kier molecular flexibility index (Phi) is 3.41. The first-order valence-electron chi connectivity index (χ1n) is 7.85. The molecular formula is C15H29N3. The average Bonchev–Trinajstić information content (AvgIpc) is 3.00. The van der Waals surface area contributed by atoms with Gasteiger partial charge in [-0.25, -0.2) is 0 Å². The van der Waals surface area contributed by atoms with E-state index in [9.17, 15) is 0 Å². The summed E-state index contributed by atoms with van der Waals surface area (Å²) in [6.45, 7) is 6.90. The zero-order valence-corrected chi connectivity index (χ0v) is 12.1. The minimum Gasteiger partial charge on any atom is -0.329 e. The first-order chi connectivity index (χ1) is 8.69. The third kappa shape index (κ3) is 1.83. The molecule has 0 aromatic heterocycles. The smallest absolute Gasteiger partial charge is 0.0363 e. The van der Waals surface area contributed by atoms with Crippen molar-refractivity contribution in [1.29, 1.82) is 0 Å². The minimum absolute atomic E-state index is 0.373. The molecule has 0 amide bonds. The van der Waals surface area contributed by atoms with Crippen molar-refractivity contribution < 1.29 is 0 Å². The lowest BCUT2D eigenvalue weighted by Crippen LogP contribution is -2.64. The molecule has 2 bridgehead atoms. The highest BCUT2D eigenvalue weighted by Crippen LogP contribution is 2.53. The van der Waals surface area contributed by atoms with Crippen molar-refractivity contribution >= 4 is 0 Å². The molecule has 4 unspecified atom stereocenters. The zero-order valence-electron chi connectivity index (χ0n) is 12.1. The van der Waals surface area contributed by atoms with Crippen LogP contribution in [0.25, 0.3) is 0 Å². The van der Waals surface area contributed by atoms with Crippen LogP contribution in [0.5, 0.6) is 0 Å². The summed E-state index contributed by atoms with van der Waals surface area (Å²) in [6, 6.07) is 0.737. The number of nitrogens with zero attached hydrogens (tertiary/aromatic N) is 2. The lowest BCUT2D eigenvalue weighted by molar-refractivity contribution is -0.0173. The molecule has 3 heteroatoms. The number of hydrogen-bond donors (Lipinski definition) is 1. The number of fused-ring (bicyclic) bond motifs is 2. The molecule has 18 heavy (non-hydrogen) atoms. The second kappa shape index (κ2) is 4.77. The number of hydrogen-bond acceptors (Lipinski definition) is 3. The van der Waals surface area contributed by atoms with E-state index >= 15 is 0 Å². The molecule has 2 saturated carbocycles. The van der Waals surface area contributed by atoms with Crippen molar-refractivity contribution in [2.75, 3.05) is 33.2 Å². The Morgan fingerprint density at radius 3 is 2.67 bits per heavy atom. The van der Waals surface area contributed by atoms with E-state index in [1.54, 1.807) is 0 Å². The highest BCUT2D eigenvalue weighted by Gasteiger charge is 2.53. The van der Waals surface area contributed by atoms with Crippen LogP contribution >= 0.6 is 0 Å². The van der Waals surface area contributed by atoms with Gasteiger partial charge in [0, 0.05) is 37.8 Å². The molecule has 3 fully saturated rings. The number of nitrogens with two attached hydrogens (primary N) is 1. The van der Waals surface area contributed by atoms with Crippen molar-refractivity contribution in [3.63, 3.8) is 0 Å². The second-order valence-electron chi connectivity index (χ2n) is 6.88. The lowest BCUT2D eigenvalue weighted by atomic mass is 9.78.